The summed E-state index contributed by atoms with van der Waals surface area (Å²) < 4.78 is 57.2. The Kier molecular flexibility index (Phi) is 10.6. The number of amides is 4. The molecule has 13 heteroatoms. The lowest BCUT2D eigenvalue weighted by Crippen LogP contribution is -2.55. The Morgan fingerprint density at radius 2 is 1.77 bits per heavy atom. The Bertz CT molecular complexity index is 1380. The van der Waals surface area contributed by atoms with Gasteiger partial charge in [-0.05, 0) is 80.7 Å². The first-order valence-corrected chi connectivity index (χ1v) is 13.9. The number of ether oxygens (including phenoxy) is 3. The second-order valence-corrected chi connectivity index (χ2v) is 10.3. The highest BCUT2D eigenvalue weighted by Crippen LogP contribution is 2.36. The van der Waals surface area contributed by atoms with Crippen molar-refractivity contribution in [3.63, 3.8) is 0 Å². The van der Waals surface area contributed by atoms with Crippen molar-refractivity contribution in [3.05, 3.63) is 76.2 Å². The maximum atomic E-state index is 14.2. The largest absolute Gasteiger partial charge is 0.496 e. The van der Waals surface area contributed by atoms with E-state index in [0.29, 0.717) is 18.7 Å². The monoisotopic (exact) mass is 604 g/mol. The smallest absolute Gasteiger partial charge is 0.338 e. The standard InChI is InChI=1S/C30H35F3N4O6/c1-41-17-24-26(28(38)43-3)27(19-5-7-22(32)23(33)15-19)37(30(40)35-24)29(39)34-11-4-12-36-13-9-18(10-14-36)21-16-20(31)6-8-25(21)42-2/h5-8,15-16,18,27H,4,9-14,17H2,1-3H3,(H,34,39)(H,35,40). The molecular weight excluding hydrogens is 569 g/mol. The van der Waals surface area contributed by atoms with Crippen molar-refractivity contribution in [2.45, 2.75) is 31.2 Å². The van der Waals surface area contributed by atoms with Gasteiger partial charge in [0.05, 0.1) is 32.1 Å². The topological polar surface area (TPSA) is 109 Å². The van der Waals surface area contributed by atoms with E-state index in [0.717, 1.165) is 55.6 Å². The summed E-state index contributed by atoms with van der Waals surface area (Å²) in [6, 6.07) is 4.31. The van der Waals surface area contributed by atoms with Gasteiger partial charge in [0.15, 0.2) is 11.6 Å². The number of carbonyl (C=O) groups is 3. The minimum atomic E-state index is -1.40. The Morgan fingerprint density at radius 3 is 2.42 bits per heavy atom. The van der Waals surface area contributed by atoms with Gasteiger partial charge in [-0.15, -0.1) is 0 Å². The molecule has 2 N–H and O–H groups in total. The van der Waals surface area contributed by atoms with E-state index in [9.17, 15) is 27.6 Å². The molecule has 1 saturated heterocycles. The zero-order valence-corrected chi connectivity index (χ0v) is 24.3. The second kappa shape index (κ2) is 14.4. The van der Waals surface area contributed by atoms with Gasteiger partial charge in [0, 0.05) is 19.2 Å². The number of urea groups is 2. The SMILES string of the molecule is COCC1=C(C(=O)OC)C(c2ccc(F)c(F)c2)N(C(=O)NCCCN2CCC(c3cc(F)ccc3OC)CC2)C(=O)N1. The van der Waals surface area contributed by atoms with Crippen molar-refractivity contribution >= 4 is 18.0 Å². The van der Waals surface area contributed by atoms with E-state index < -0.39 is 35.7 Å². The highest BCUT2D eigenvalue weighted by Gasteiger charge is 2.43. The van der Waals surface area contributed by atoms with E-state index in [1.807, 2.05) is 0 Å². The van der Waals surface area contributed by atoms with E-state index in [-0.39, 0.29) is 41.7 Å². The third-order valence-corrected chi connectivity index (χ3v) is 7.65. The number of nitrogens with one attached hydrogen (secondary N) is 2. The number of rotatable bonds is 10. The van der Waals surface area contributed by atoms with Crippen molar-refractivity contribution in [1.29, 1.82) is 0 Å². The van der Waals surface area contributed by atoms with Crippen LogP contribution >= 0.6 is 0 Å². The molecule has 43 heavy (non-hydrogen) atoms. The minimum absolute atomic E-state index is 0.00398. The first-order chi connectivity index (χ1) is 20.7. The Hall–Kier alpha value is -4.10. The molecule has 1 fully saturated rings. The quantitative estimate of drug-likeness (QED) is 0.309. The predicted octanol–water partition coefficient (Wildman–Crippen LogP) is 4.23. The van der Waals surface area contributed by atoms with Gasteiger partial charge >= 0.3 is 18.0 Å². The predicted molar refractivity (Wildman–Crippen MR) is 150 cm³/mol. The van der Waals surface area contributed by atoms with Crippen LogP contribution in [0.4, 0.5) is 22.8 Å². The van der Waals surface area contributed by atoms with Gasteiger partial charge in [-0.2, -0.15) is 0 Å². The number of esters is 1. The summed E-state index contributed by atoms with van der Waals surface area (Å²) in [6.07, 6.45) is 2.20. The minimum Gasteiger partial charge on any atom is -0.496 e. The molecule has 4 amide bonds. The van der Waals surface area contributed by atoms with E-state index >= 15 is 0 Å². The molecule has 0 bridgehead atoms. The number of imide groups is 1. The molecular formula is C30H35F3N4O6. The molecule has 0 spiro atoms. The van der Waals surface area contributed by atoms with Gasteiger partial charge in [0.25, 0.3) is 0 Å². The van der Waals surface area contributed by atoms with E-state index in [1.165, 1.54) is 25.3 Å². The van der Waals surface area contributed by atoms with E-state index in [2.05, 4.69) is 15.5 Å². The maximum Gasteiger partial charge on any atom is 0.338 e. The van der Waals surface area contributed by atoms with Crippen molar-refractivity contribution in [2.75, 3.05) is 54.1 Å². The van der Waals surface area contributed by atoms with Crippen LogP contribution < -0.4 is 15.4 Å². The Balaban J connectivity index is 1.41. The van der Waals surface area contributed by atoms with Gasteiger partial charge in [0.2, 0.25) is 0 Å². The van der Waals surface area contributed by atoms with E-state index in [1.54, 1.807) is 13.2 Å². The zero-order valence-electron chi connectivity index (χ0n) is 24.3. The molecule has 1 atom stereocenters. The number of halogens is 3. The maximum absolute atomic E-state index is 14.2. The summed E-state index contributed by atoms with van der Waals surface area (Å²) in [5.41, 5.74) is 0.745. The molecule has 232 valence electrons. The third-order valence-electron chi connectivity index (χ3n) is 7.65. The van der Waals surface area contributed by atoms with Crippen molar-refractivity contribution in [3.8, 4) is 5.75 Å². The zero-order chi connectivity index (χ0) is 31.1. The molecule has 0 aliphatic carbocycles. The fourth-order valence-corrected chi connectivity index (χ4v) is 5.55. The third kappa shape index (κ3) is 7.28. The van der Waals surface area contributed by atoms with Crippen LogP contribution in [0, 0.1) is 17.5 Å². The lowest BCUT2D eigenvalue weighted by Gasteiger charge is -2.36. The Morgan fingerprint density at radius 1 is 1.02 bits per heavy atom. The van der Waals surface area contributed by atoms with Gasteiger partial charge < -0.3 is 29.7 Å². The second-order valence-electron chi connectivity index (χ2n) is 10.3. The van der Waals surface area contributed by atoms with Crippen LogP contribution in [0.2, 0.25) is 0 Å². The lowest BCUT2D eigenvalue weighted by atomic mass is 9.88. The fourth-order valence-electron chi connectivity index (χ4n) is 5.55. The summed E-state index contributed by atoms with van der Waals surface area (Å²) in [5.74, 6) is -2.66. The average molecular weight is 605 g/mol. The highest BCUT2D eigenvalue weighted by atomic mass is 19.2. The summed E-state index contributed by atoms with van der Waals surface area (Å²) in [4.78, 5) is 42.2. The van der Waals surface area contributed by atoms with Crippen LogP contribution in [-0.4, -0.2) is 81.9 Å². The average Bonchev–Trinajstić information content (AvgIpc) is 3.00. The van der Waals surface area contributed by atoms with Crippen LogP contribution in [0.15, 0.2) is 47.7 Å². The molecule has 2 aliphatic rings. The molecule has 2 heterocycles. The Labute approximate surface area is 247 Å². The summed E-state index contributed by atoms with van der Waals surface area (Å²) >= 11 is 0. The first-order valence-electron chi connectivity index (χ1n) is 13.9. The van der Waals surface area contributed by atoms with Crippen LogP contribution in [0.1, 0.15) is 42.3 Å². The van der Waals surface area contributed by atoms with Gasteiger partial charge in [-0.3, -0.25) is 0 Å². The summed E-state index contributed by atoms with van der Waals surface area (Å²) in [5, 5.41) is 5.18. The molecule has 0 aromatic heterocycles. The van der Waals surface area contributed by atoms with Gasteiger partial charge in [-0.25, -0.2) is 32.5 Å². The van der Waals surface area contributed by atoms with Crippen LogP contribution in [-0.2, 0) is 14.3 Å². The molecule has 0 saturated carbocycles. The normalized spacial score (nSPS) is 18.0. The van der Waals surface area contributed by atoms with Gasteiger partial charge in [0.1, 0.15) is 17.6 Å². The molecule has 2 aliphatic heterocycles. The number of nitrogens with zero attached hydrogens (tertiary/aromatic N) is 2. The molecule has 2 aromatic carbocycles. The number of methoxy groups -OCH3 is 3. The van der Waals surface area contributed by atoms with Crippen molar-refractivity contribution in [2.24, 2.45) is 0 Å². The van der Waals surface area contributed by atoms with Crippen molar-refractivity contribution < 1.29 is 41.8 Å². The molecule has 4 rings (SSSR count). The molecule has 2 aromatic rings. The summed E-state index contributed by atoms with van der Waals surface area (Å²) in [6.45, 7) is 2.22. The summed E-state index contributed by atoms with van der Waals surface area (Å²) in [7, 11) is 4.04. The van der Waals surface area contributed by atoms with E-state index in [4.69, 9.17) is 14.2 Å². The fraction of sp³-hybridized carbons (Fsp3) is 0.433. The van der Waals surface area contributed by atoms with Crippen LogP contribution in [0.5, 0.6) is 5.75 Å². The number of piperidine rings is 1. The number of likely N-dealkylation sites (tertiary alicyclic amines) is 1. The number of hydrogen-bond acceptors (Lipinski definition) is 7. The first kappa shape index (κ1) is 31.8. The molecule has 10 nitrogen and oxygen atoms in total. The number of benzene rings is 2. The molecule has 1 unspecified atom stereocenters. The van der Waals surface area contributed by atoms with Crippen LogP contribution in [0.3, 0.4) is 0 Å². The number of carbonyl (C=O) groups excluding carboxylic acids is 3. The highest BCUT2D eigenvalue weighted by molar-refractivity contribution is 6.01. The number of hydrogen-bond donors (Lipinski definition) is 2. The lowest BCUT2D eigenvalue weighted by molar-refractivity contribution is -0.137. The van der Waals surface area contributed by atoms with Gasteiger partial charge in [-0.1, -0.05) is 6.07 Å². The molecule has 0 radical (unpaired) electrons. The van der Waals surface area contributed by atoms with Crippen molar-refractivity contribution in [1.82, 2.24) is 20.4 Å². The van der Waals surface area contributed by atoms with Crippen LogP contribution in [0.25, 0.3) is 0 Å².